The quantitative estimate of drug-likeness (QED) is 0.900. The van der Waals surface area contributed by atoms with Crippen LogP contribution in [0.5, 0.6) is 5.75 Å². The Morgan fingerprint density at radius 2 is 2.00 bits per heavy atom. The van der Waals surface area contributed by atoms with E-state index in [1.807, 2.05) is 12.1 Å². The van der Waals surface area contributed by atoms with Gasteiger partial charge in [-0.1, -0.05) is 6.07 Å². The average molecular weight is 276 g/mol. The lowest BCUT2D eigenvalue weighted by Gasteiger charge is -2.27. The van der Waals surface area contributed by atoms with Crippen LogP contribution in [0.3, 0.4) is 0 Å². The molecule has 0 aromatic heterocycles. The number of rotatable bonds is 2. The summed E-state index contributed by atoms with van der Waals surface area (Å²) in [5, 5.41) is 9.85. The van der Waals surface area contributed by atoms with Gasteiger partial charge in [0.15, 0.2) is 0 Å². The van der Waals surface area contributed by atoms with Gasteiger partial charge in [-0.15, -0.1) is 0 Å². The van der Waals surface area contributed by atoms with Crippen LogP contribution in [0.1, 0.15) is 57.8 Å². The van der Waals surface area contributed by atoms with Crippen LogP contribution < -0.4 is 4.74 Å². The summed E-state index contributed by atoms with van der Waals surface area (Å²) in [6.07, 6.45) is 2.40. The van der Waals surface area contributed by atoms with E-state index in [1.165, 1.54) is 5.56 Å². The van der Waals surface area contributed by atoms with E-state index < -0.39 is 0 Å². The van der Waals surface area contributed by atoms with Gasteiger partial charge in [-0.25, -0.2) is 0 Å². The summed E-state index contributed by atoms with van der Waals surface area (Å²) in [7, 11) is 0. The number of hydrogen-bond donors (Lipinski definition) is 1. The van der Waals surface area contributed by atoms with Crippen LogP contribution in [0.15, 0.2) is 18.2 Å². The molecule has 1 N–H and O–H groups in total. The largest absolute Gasteiger partial charge is 0.487 e. The van der Waals surface area contributed by atoms with Crippen molar-refractivity contribution in [2.75, 3.05) is 0 Å². The first-order valence-corrected chi connectivity index (χ1v) is 7.45. The lowest BCUT2D eigenvalue weighted by Crippen LogP contribution is -2.36. The fraction of sp³-hybridized carbons (Fsp3) is 0.647. The third-order valence-electron chi connectivity index (χ3n) is 4.43. The second-order valence-corrected chi connectivity index (χ2v) is 7.19. The maximum absolute atomic E-state index is 9.85. The zero-order valence-corrected chi connectivity index (χ0v) is 12.8. The SMILES string of the molecule is CC1(C)CC(Oc2ccc3c(c2)CC[C@H]3O)C(C)(C)O1. The van der Waals surface area contributed by atoms with E-state index in [-0.39, 0.29) is 23.4 Å². The van der Waals surface area contributed by atoms with Crippen LogP contribution in [-0.2, 0) is 11.2 Å². The zero-order valence-electron chi connectivity index (χ0n) is 12.8. The van der Waals surface area contributed by atoms with E-state index in [0.717, 1.165) is 30.6 Å². The van der Waals surface area contributed by atoms with Crippen LogP contribution in [0.4, 0.5) is 0 Å². The van der Waals surface area contributed by atoms with Crippen molar-refractivity contribution in [1.82, 2.24) is 0 Å². The predicted octanol–water partition coefficient (Wildman–Crippen LogP) is 3.39. The first kappa shape index (κ1) is 13.9. The van der Waals surface area contributed by atoms with Crippen molar-refractivity contribution < 1.29 is 14.6 Å². The molecular formula is C17H24O3. The summed E-state index contributed by atoms with van der Waals surface area (Å²) < 4.78 is 12.2. The fourth-order valence-corrected chi connectivity index (χ4v) is 3.50. The maximum atomic E-state index is 9.85. The monoisotopic (exact) mass is 276 g/mol. The molecule has 3 nitrogen and oxygen atoms in total. The zero-order chi connectivity index (χ0) is 14.5. The number of aryl methyl sites for hydroxylation is 1. The number of aliphatic hydroxyl groups is 1. The highest BCUT2D eigenvalue weighted by atomic mass is 16.6. The Labute approximate surface area is 120 Å². The van der Waals surface area contributed by atoms with Gasteiger partial charge in [0.25, 0.3) is 0 Å². The molecule has 1 aromatic rings. The van der Waals surface area contributed by atoms with E-state index in [4.69, 9.17) is 9.47 Å². The highest BCUT2D eigenvalue weighted by Crippen LogP contribution is 2.40. The molecule has 0 amide bonds. The van der Waals surface area contributed by atoms with E-state index in [1.54, 1.807) is 0 Å². The Kier molecular flexibility index (Phi) is 3.11. The molecule has 0 spiro atoms. The van der Waals surface area contributed by atoms with Crippen molar-refractivity contribution >= 4 is 0 Å². The molecule has 0 saturated carbocycles. The van der Waals surface area contributed by atoms with E-state index >= 15 is 0 Å². The number of benzene rings is 1. The van der Waals surface area contributed by atoms with Gasteiger partial charge in [0, 0.05) is 6.42 Å². The minimum Gasteiger partial charge on any atom is -0.487 e. The van der Waals surface area contributed by atoms with Gasteiger partial charge in [-0.05, 0) is 63.8 Å². The number of aliphatic hydroxyl groups excluding tert-OH is 1. The molecule has 20 heavy (non-hydrogen) atoms. The van der Waals surface area contributed by atoms with Crippen molar-refractivity contribution in [2.45, 2.75) is 70.4 Å². The molecule has 3 rings (SSSR count). The predicted molar refractivity (Wildman–Crippen MR) is 78.0 cm³/mol. The Hall–Kier alpha value is -1.06. The second kappa shape index (κ2) is 4.47. The van der Waals surface area contributed by atoms with Crippen molar-refractivity contribution in [3.05, 3.63) is 29.3 Å². The van der Waals surface area contributed by atoms with Crippen molar-refractivity contribution in [2.24, 2.45) is 0 Å². The molecule has 110 valence electrons. The van der Waals surface area contributed by atoms with Crippen LogP contribution >= 0.6 is 0 Å². The molecule has 2 atom stereocenters. The number of ether oxygens (including phenoxy) is 2. The van der Waals surface area contributed by atoms with Crippen molar-refractivity contribution in [1.29, 1.82) is 0 Å². The van der Waals surface area contributed by atoms with Gasteiger partial charge < -0.3 is 14.6 Å². The first-order valence-electron chi connectivity index (χ1n) is 7.45. The summed E-state index contributed by atoms with van der Waals surface area (Å²) in [4.78, 5) is 0. The summed E-state index contributed by atoms with van der Waals surface area (Å²) in [6.45, 7) is 8.39. The lowest BCUT2D eigenvalue weighted by molar-refractivity contribution is -0.0846. The molecule has 1 unspecified atom stereocenters. The molecule has 1 heterocycles. The average Bonchev–Trinajstić information content (AvgIpc) is 2.77. The van der Waals surface area contributed by atoms with E-state index in [9.17, 15) is 5.11 Å². The van der Waals surface area contributed by atoms with Gasteiger partial charge in [0.2, 0.25) is 0 Å². The number of fused-ring (bicyclic) bond motifs is 1. The van der Waals surface area contributed by atoms with Crippen LogP contribution in [0, 0.1) is 0 Å². The third-order valence-corrected chi connectivity index (χ3v) is 4.43. The van der Waals surface area contributed by atoms with Gasteiger partial charge in [-0.3, -0.25) is 0 Å². The minimum absolute atomic E-state index is 0.0573. The third kappa shape index (κ3) is 2.45. The first-order chi connectivity index (χ1) is 9.27. The molecular weight excluding hydrogens is 252 g/mol. The second-order valence-electron chi connectivity index (χ2n) is 7.19. The molecule has 2 aliphatic rings. The highest BCUT2D eigenvalue weighted by molar-refractivity contribution is 5.40. The molecule has 0 radical (unpaired) electrons. The smallest absolute Gasteiger partial charge is 0.130 e. The molecule has 0 bridgehead atoms. The van der Waals surface area contributed by atoms with E-state index in [0.29, 0.717) is 0 Å². The van der Waals surface area contributed by atoms with Gasteiger partial charge in [0.05, 0.1) is 11.7 Å². The lowest BCUT2D eigenvalue weighted by atomic mass is 9.97. The Morgan fingerprint density at radius 3 is 2.65 bits per heavy atom. The van der Waals surface area contributed by atoms with Crippen LogP contribution in [0.2, 0.25) is 0 Å². The molecule has 1 aliphatic carbocycles. The van der Waals surface area contributed by atoms with Crippen molar-refractivity contribution in [3.63, 3.8) is 0 Å². The summed E-state index contributed by atoms with van der Waals surface area (Å²) in [6, 6.07) is 6.04. The molecule has 3 heteroatoms. The standard InChI is InChI=1S/C17H24O3/c1-16(2)10-15(17(3,4)20-16)19-12-6-7-13-11(9-12)5-8-14(13)18/h6-7,9,14-15,18H,5,8,10H2,1-4H3/t14-,15?/m1/s1. The minimum atomic E-state index is -0.302. The van der Waals surface area contributed by atoms with Gasteiger partial charge in [-0.2, -0.15) is 0 Å². The normalized spacial score (nSPS) is 30.2. The summed E-state index contributed by atoms with van der Waals surface area (Å²) >= 11 is 0. The van der Waals surface area contributed by atoms with Gasteiger partial charge in [0.1, 0.15) is 17.5 Å². The van der Waals surface area contributed by atoms with Crippen molar-refractivity contribution in [3.8, 4) is 5.75 Å². The van der Waals surface area contributed by atoms with Crippen LogP contribution in [-0.4, -0.2) is 22.4 Å². The summed E-state index contributed by atoms with van der Waals surface area (Å²) in [5.74, 6) is 0.886. The molecule has 1 saturated heterocycles. The Bertz CT molecular complexity index is 519. The molecule has 1 aliphatic heterocycles. The van der Waals surface area contributed by atoms with Gasteiger partial charge >= 0.3 is 0 Å². The molecule has 1 fully saturated rings. The maximum Gasteiger partial charge on any atom is 0.130 e. The molecule has 1 aromatic carbocycles. The topological polar surface area (TPSA) is 38.7 Å². The Morgan fingerprint density at radius 1 is 1.25 bits per heavy atom. The van der Waals surface area contributed by atoms with Crippen LogP contribution in [0.25, 0.3) is 0 Å². The van der Waals surface area contributed by atoms with E-state index in [2.05, 4.69) is 33.8 Å². The fourth-order valence-electron chi connectivity index (χ4n) is 3.50. The number of hydrogen-bond acceptors (Lipinski definition) is 3. The highest BCUT2D eigenvalue weighted by Gasteiger charge is 2.47. The Balaban J connectivity index is 1.79. The summed E-state index contributed by atoms with van der Waals surface area (Å²) in [5.41, 5.74) is 1.86.